The molecule has 0 aliphatic carbocycles. The fraction of sp³-hybridized carbons (Fsp3) is 0.300. The third kappa shape index (κ3) is 3.36. The van der Waals surface area contributed by atoms with E-state index in [0.717, 1.165) is 4.47 Å². The van der Waals surface area contributed by atoms with Gasteiger partial charge in [-0.05, 0) is 28.1 Å². The van der Waals surface area contributed by atoms with Gasteiger partial charge in [0.2, 0.25) is 0 Å². The van der Waals surface area contributed by atoms with Crippen molar-refractivity contribution in [3.63, 3.8) is 0 Å². The van der Waals surface area contributed by atoms with Gasteiger partial charge >= 0.3 is 0 Å². The molecule has 1 aromatic carbocycles. The fourth-order valence-corrected chi connectivity index (χ4v) is 1.31. The van der Waals surface area contributed by atoms with E-state index in [0.29, 0.717) is 5.75 Å². The Balaban J connectivity index is 2.46. The van der Waals surface area contributed by atoms with Gasteiger partial charge in [0.25, 0.3) is 0 Å². The Labute approximate surface area is 91.1 Å². The number of ether oxygens (including phenoxy) is 1. The SMILES string of the molecule is N#CCC(O)COc1ccccc1Br. The van der Waals surface area contributed by atoms with Gasteiger partial charge in [0.15, 0.2) is 0 Å². The first-order valence-electron chi connectivity index (χ1n) is 4.16. The molecular weight excluding hydrogens is 246 g/mol. The zero-order valence-corrected chi connectivity index (χ0v) is 9.07. The Hall–Kier alpha value is -1.05. The lowest BCUT2D eigenvalue weighted by atomic mass is 10.3. The molecule has 1 atom stereocenters. The lowest BCUT2D eigenvalue weighted by Crippen LogP contribution is -2.16. The maximum atomic E-state index is 9.24. The summed E-state index contributed by atoms with van der Waals surface area (Å²) in [5, 5.41) is 17.6. The fourth-order valence-electron chi connectivity index (χ4n) is 0.912. The number of aliphatic hydroxyl groups is 1. The molecule has 0 heterocycles. The number of benzene rings is 1. The molecule has 0 amide bonds. The van der Waals surface area contributed by atoms with Gasteiger partial charge in [-0.15, -0.1) is 0 Å². The average Bonchev–Trinajstić information content (AvgIpc) is 2.17. The lowest BCUT2D eigenvalue weighted by molar-refractivity contribution is 0.111. The predicted octanol–water partition coefficient (Wildman–Crippen LogP) is 2.10. The summed E-state index contributed by atoms with van der Waals surface area (Å²) in [5.74, 6) is 0.671. The van der Waals surface area contributed by atoms with E-state index >= 15 is 0 Å². The van der Waals surface area contributed by atoms with Crippen LogP contribution in [0.1, 0.15) is 6.42 Å². The second-order valence-electron chi connectivity index (χ2n) is 2.76. The summed E-state index contributed by atoms with van der Waals surface area (Å²) in [7, 11) is 0. The molecule has 1 rings (SSSR count). The van der Waals surface area contributed by atoms with Crippen molar-refractivity contribution < 1.29 is 9.84 Å². The highest BCUT2D eigenvalue weighted by molar-refractivity contribution is 9.10. The van der Waals surface area contributed by atoms with Crippen LogP contribution in [-0.2, 0) is 0 Å². The van der Waals surface area contributed by atoms with E-state index in [9.17, 15) is 5.11 Å². The molecule has 0 radical (unpaired) electrons. The number of para-hydroxylation sites is 1. The number of nitrogens with zero attached hydrogens (tertiary/aromatic N) is 1. The summed E-state index contributed by atoms with van der Waals surface area (Å²) in [6.45, 7) is 0.135. The number of rotatable bonds is 4. The summed E-state index contributed by atoms with van der Waals surface area (Å²) in [4.78, 5) is 0. The van der Waals surface area contributed by atoms with Gasteiger partial charge in [-0.3, -0.25) is 0 Å². The molecule has 1 N–H and O–H groups in total. The third-order valence-electron chi connectivity index (χ3n) is 1.59. The number of hydrogen-bond acceptors (Lipinski definition) is 3. The van der Waals surface area contributed by atoms with Gasteiger partial charge in [0, 0.05) is 0 Å². The van der Waals surface area contributed by atoms with Crippen molar-refractivity contribution in [2.45, 2.75) is 12.5 Å². The van der Waals surface area contributed by atoms with Crippen LogP contribution in [0.2, 0.25) is 0 Å². The maximum Gasteiger partial charge on any atom is 0.133 e. The average molecular weight is 256 g/mol. The number of hydrogen-bond donors (Lipinski definition) is 1. The molecule has 0 fully saturated rings. The van der Waals surface area contributed by atoms with E-state index in [1.165, 1.54) is 0 Å². The third-order valence-corrected chi connectivity index (χ3v) is 2.25. The topological polar surface area (TPSA) is 53.2 Å². The Morgan fingerprint density at radius 1 is 1.50 bits per heavy atom. The van der Waals surface area contributed by atoms with Crippen LogP contribution in [0.4, 0.5) is 0 Å². The minimum atomic E-state index is -0.730. The van der Waals surface area contributed by atoms with E-state index in [2.05, 4.69) is 15.9 Å². The maximum absolute atomic E-state index is 9.24. The van der Waals surface area contributed by atoms with E-state index < -0.39 is 6.10 Å². The number of aliphatic hydroxyl groups excluding tert-OH is 1. The van der Waals surface area contributed by atoms with E-state index in [4.69, 9.17) is 10.00 Å². The van der Waals surface area contributed by atoms with Crippen LogP contribution in [0.25, 0.3) is 0 Å². The minimum absolute atomic E-state index is 0.0878. The Morgan fingerprint density at radius 2 is 2.21 bits per heavy atom. The largest absolute Gasteiger partial charge is 0.490 e. The first kappa shape index (κ1) is 11.0. The summed E-state index contributed by atoms with van der Waals surface area (Å²) in [6.07, 6.45) is -0.642. The van der Waals surface area contributed by atoms with Crippen molar-refractivity contribution in [3.05, 3.63) is 28.7 Å². The van der Waals surface area contributed by atoms with Gasteiger partial charge in [-0.25, -0.2) is 0 Å². The van der Waals surface area contributed by atoms with Gasteiger partial charge in [-0.1, -0.05) is 12.1 Å². The molecule has 0 saturated heterocycles. The second-order valence-corrected chi connectivity index (χ2v) is 3.61. The van der Waals surface area contributed by atoms with Gasteiger partial charge in [0.05, 0.1) is 17.0 Å². The molecular formula is C10H10BrNO2. The van der Waals surface area contributed by atoms with E-state index in [-0.39, 0.29) is 13.0 Å². The van der Waals surface area contributed by atoms with Crippen LogP contribution in [0.3, 0.4) is 0 Å². The van der Waals surface area contributed by atoms with Crippen molar-refractivity contribution in [1.29, 1.82) is 5.26 Å². The summed E-state index contributed by atoms with van der Waals surface area (Å²) in [6, 6.07) is 9.25. The van der Waals surface area contributed by atoms with E-state index in [1.54, 1.807) is 6.07 Å². The highest BCUT2D eigenvalue weighted by Crippen LogP contribution is 2.23. The molecule has 0 bridgehead atoms. The molecule has 0 aliphatic rings. The summed E-state index contributed by atoms with van der Waals surface area (Å²) < 4.78 is 6.14. The van der Waals surface area contributed by atoms with Gasteiger partial charge in [-0.2, -0.15) is 5.26 Å². The normalized spacial score (nSPS) is 11.8. The van der Waals surface area contributed by atoms with Gasteiger partial charge in [0.1, 0.15) is 18.5 Å². The minimum Gasteiger partial charge on any atom is -0.490 e. The predicted molar refractivity (Wildman–Crippen MR) is 55.9 cm³/mol. The molecule has 74 valence electrons. The molecule has 0 aliphatic heterocycles. The van der Waals surface area contributed by atoms with Crippen molar-refractivity contribution in [2.75, 3.05) is 6.61 Å². The molecule has 4 heteroatoms. The van der Waals surface area contributed by atoms with Crippen LogP contribution >= 0.6 is 15.9 Å². The first-order valence-corrected chi connectivity index (χ1v) is 4.95. The standard InChI is InChI=1S/C10H10BrNO2/c11-9-3-1-2-4-10(9)14-7-8(13)5-6-12/h1-4,8,13H,5,7H2. The Kier molecular flexibility index (Phi) is 4.44. The molecule has 1 unspecified atom stereocenters. The number of nitriles is 1. The molecule has 1 aromatic rings. The Bertz CT molecular complexity index is 335. The second kappa shape index (κ2) is 5.63. The molecule has 3 nitrogen and oxygen atoms in total. The smallest absolute Gasteiger partial charge is 0.133 e. The molecule has 14 heavy (non-hydrogen) atoms. The van der Waals surface area contributed by atoms with Crippen LogP contribution in [-0.4, -0.2) is 17.8 Å². The molecule has 0 spiro atoms. The summed E-state index contributed by atoms with van der Waals surface area (Å²) in [5.41, 5.74) is 0. The molecule has 0 aromatic heterocycles. The highest BCUT2D eigenvalue weighted by atomic mass is 79.9. The van der Waals surface area contributed by atoms with Crippen molar-refractivity contribution in [1.82, 2.24) is 0 Å². The zero-order valence-electron chi connectivity index (χ0n) is 7.48. The van der Waals surface area contributed by atoms with Crippen LogP contribution < -0.4 is 4.74 Å². The van der Waals surface area contributed by atoms with Crippen LogP contribution in [0.15, 0.2) is 28.7 Å². The first-order chi connectivity index (χ1) is 6.74. The monoisotopic (exact) mass is 255 g/mol. The number of halogens is 1. The van der Waals surface area contributed by atoms with Crippen LogP contribution in [0, 0.1) is 11.3 Å². The quantitative estimate of drug-likeness (QED) is 0.897. The summed E-state index contributed by atoms with van der Waals surface area (Å²) >= 11 is 3.31. The lowest BCUT2D eigenvalue weighted by Gasteiger charge is -2.10. The van der Waals surface area contributed by atoms with Crippen molar-refractivity contribution >= 4 is 15.9 Å². The zero-order chi connectivity index (χ0) is 10.4. The highest BCUT2D eigenvalue weighted by Gasteiger charge is 2.05. The van der Waals surface area contributed by atoms with Gasteiger partial charge < -0.3 is 9.84 Å². The Morgan fingerprint density at radius 3 is 2.86 bits per heavy atom. The molecule has 0 saturated carbocycles. The van der Waals surface area contributed by atoms with Crippen molar-refractivity contribution in [2.24, 2.45) is 0 Å². The van der Waals surface area contributed by atoms with Crippen LogP contribution in [0.5, 0.6) is 5.75 Å². The van der Waals surface area contributed by atoms with E-state index in [1.807, 2.05) is 24.3 Å². The van der Waals surface area contributed by atoms with Crippen molar-refractivity contribution in [3.8, 4) is 11.8 Å².